The van der Waals surface area contributed by atoms with Crippen LogP contribution >= 0.6 is 22.7 Å². The highest BCUT2D eigenvalue weighted by atomic mass is 32.1. The summed E-state index contributed by atoms with van der Waals surface area (Å²) < 4.78 is 27.4. The number of ketones is 1. The minimum Gasteiger partial charge on any atom is -0.443 e. The number of carbonyl (C=O) groups is 6. The van der Waals surface area contributed by atoms with Crippen molar-refractivity contribution in [2.75, 3.05) is 26.3 Å². The molecule has 9 rings (SSSR count). The van der Waals surface area contributed by atoms with Crippen LogP contribution < -0.4 is 0 Å². The van der Waals surface area contributed by atoms with Crippen LogP contribution in [0.15, 0.2) is 43.2 Å². The third-order valence-corrected chi connectivity index (χ3v) is 13.8. The number of nitrogens with zero attached hydrogens (tertiary/aromatic N) is 8. The van der Waals surface area contributed by atoms with Crippen LogP contribution in [0.3, 0.4) is 0 Å². The first-order valence-corrected chi connectivity index (χ1v) is 24.7. The SMILES string of the molecule is CC1CC(C(=O)c2cc3cnn(C4CCCCO4)c3s2)C(=O)N(C(=O)OC(C)(C)C)C1.CC1CCC(=O)N(C(=O)OC(C)(C)C)C1.O=C(c1cc2cnn(C3CCCCO3)c2s1)n1ccnc1. The maximum absolute atomic E-state index is 13.3. The van der Waals surface area contributed by atoms with Gasteiger partial charge in [0.05, 0.1) is 22.1 Å². The van der Waals surface area contributed by atoms with Gasteiger partial charge in [-0.05, 0) is 117 Å². The third kappa shape index (κ3) is 12.2. The van der Waals surface area contributed by atoms with E-state index in [0.29, 0.717) is 41.7 Å². The monoisotopic (exact) mass is 962 g/mol. The average molecular weight is 963 g/mol. The topological polar surface area (TPSA) is 199 Å². The number of hydrogen-bond acceptors (Lipinski definition) is 15. The molecule has 0 aliphatic carbocycles. The standard InChI is InChI=1S/C22H29N3O5S.C14H14N4O2S.C11H19NO3/c1-13-9-15(19(27)24(12-13)21(28)30-22(2,3)4)18(26)16-10-14-11-23-25(20(14)31-16)17-7-5-6-8-29-17;19-13(17-5-4-15-9-17)11-7-10-8-16-18(14(10)21-11)12-3-1-2-6-20-12;1-8-5-6-9(13)12(7-8)10(14)15-11(2,3)4/h10-11,13,15,17H,5-9,12H2,1-4H3;4-5,7-9,12H,1-3,6H2;8H,5-7H2,1-4H3. The van der Waals surface area contributed by atoms with Gasteiger partial charge in [-0.15, -0.1) is 22.7 Å². The molecule has 4 aliphatic heterocycles. The number of imidazole rings is 1. The summed E-state index contributed by atoms with van der Waals surface area (Å²) in [6.07, 6.45) is 14.9. The van der Waals surface area contributed by atoms with Gasteiger partial charge in [0.25, 0.3) is 5.91 Å². The van der Waals surface area contributed by atoms with Crippen molar-refractivity contribution in [1.29, 1.82) is 0 Å². The number of carbonyl (C=O) groups excluding carboxylic acids is 6. The molecule has 362 valence electrons. The number of aromatic nitrogens is 6. The number of rotatable bonds is 5. The summed E-state index contributed by atoms with van der Waals surface area (Å²) >= 11 is 2.79. The van der Waals surface area contributed by atoms with Gasteiger partial charge in [0.15, 0.2) is 18.2 Å². The van der Waals surface area contributed by atoms with Gasteiger partial charge in [0, 0.05) is 55.9 Å². The predicted octanol–water partition coefficient (Wildman–Crippen LogP) is 9.26. The molecule has 4 saturated heterocycles. The van der Waals surface area contributed by atoms with E-state index in [4.69, 9.17) is 18.9 Å². The van der Waals surface area contributed by atoms with Crippen molar-refractivity contribution in [3.63, 3.8) is 0 Å². The Labute approximate surface area is 397 Å². The summed E-state index contributed by atoms with van der Waals surface area (Å²) in [5, 5.41) is 10.7. The van der Waals surface area contributed by atoms with Crippen LogP contribution in [0.2, 0.25) is 0 Å². The van der Waals surface area contributed by atoms with E-state index in [1.165, 1.54) is 38.5 Å². The molecule has 4 fully saturated rings. The molecule has 18 nitrogen and oxygen atoms in total. The van der Waals surface area contributed by atoms with Gasteiger partial charge in [0.2, 0.25) is 11.8 Å². The molecule has 5 unspecified atom stereocenters. The van der Waals surface area contributed by atoms with Gasteiger partial charge in [-0.1, -0.05) is 13.8 Å². The summed E-state index contributed by atoms with van der Waals surface area (Å²) in [5.74, 6) is -1.41. The van der Waals surface area contributed by atoms with E-state index in [1.54, 1.807) is 72.4 Å². The fraction of sp³-hybridized carbons (Fsp3) is 0.596. The van der Waals surface area contributed by atoms with Crippen molar-refractivity contribution in [3.8, 4) is 0 Å². The normalized spacial score (nSPS) is 22.7. The predicted molar refractivity (Wildman–Crippen MR) is 251 cm³/mol. The van der Waals surface area contributed by atoms with E-state index < -0.39 is 35.2 Å². The summed E-state index contributed by atoms with van der Waals surface area (Å²) in [7, 11) is 0. The van der Waals surface area contributed by atoms with Gasteiger partial charge in [-0.25, -0.2) is 33.7 Å². The lowest BCUT2D eigenvalue weighted by Crippen LogP contribution is -2.51. The van der Waals surface area contributed by atoms with Crippen molar-refractivity contribution < 1.29 is 47.7 Å². The fourth-order valence-corrected chi connectivity index (χ4v) is 10.4. The first-order valence-electron chi connectivity index (χ1n) is 23.1. The van der Waals surface area contributed by atoms with E-state index in [0.717, 1.165) is 76.9 Å². The molecule has 0 spiro atoms. The lowest BCUT2D eigenvalue weighted by atomic mass is 9.86. The number of imide groups is 2. The summed E-state index contributed by atoms with van der Waals surface area (Å²) in [6.45, 7) is 16.8. The highest BCUT2D eigenvalue weighted by Gasteiger charge is 2.42. The Kier molecular flexibility index (Phi) is 15.5. The minimum absolute atomic E-state index is 0.00824. The van der Waals surface area contributed by atoms with Crippen molar-refractivity contribution in [1.82, 2.24) is 38.9 Å². The zero-order chi connectivity index (χ0) is 48.2. The number of ether oxygens (including phenoxy) is 4. The Morgan fingerprint density at radius 2 is 1.25 bits per heavy atom. The Morgan fingerprint density at radius 1 is 0.716 bits per heavy atom. The number of hydrogen-bond donors (Lipinski definition) is 0. The Bertz CT molecular complexity index is 2550. The second-order valence-corrected chi connectivity index (χ2v) is 21.7. The zero-order valence-electron chi connectivity index (χ0n) is 39.6. The highest BCUT2D eigenvalue weighted by molar-refractivity contribution is 7.20. The molecule has 9 heterocycles. The lowest BCUT2D eigenvalue weighted by molar-refractivity contribution is -0.137. The molecule has 5 atom stereocenters. The molecule has 5 aromatic rings. The number of fused-ring (bicyclic) bond motifs is 2. The molecule has 0 saturated carbocycles. The van der Waals surface area contributed by atoms with Gasteiger partial charge < -0.3 is 18.9 Å². The quantitative estimate of drug-likeness (QED) is 0.119. The number of likely N-dealkylation sites (tertiary alicyclic amines) is 2. The molecule has 4 amide bonds. The van der Waals surface area contributed by atoms with E-state index in [1.807, 2.05) is 29.3 Å². The molecule has 0 radical (unpaired) electrons. The lowest BCUT2D eigenvalue weighted by Gasteiger charge is -2.34. The van der Waals surface area contributed by atoms with Gasteiger partial charge in [-0.3, -0.25) is 23.7 Å². The largest absolute Gasteiger partial charge is 0.443 e. The molecule has 67 heavy (non-hydrogen) atoms. The first-order chi connectivity index (χ1) is 31.8. The van der Waals surface area contributed by atoms with E-state index >= 15 is 0 Å². The molecular weight excluding hydrogens is 901 g/mol. The first kappa shape index (κ1) is 49.6. The van der Waals surface area contributed by atoms with Crippen molar-refractivity contribution in [2.45, 2.75) is 137 Å². The molecule has 0 aromatic carbocycles. The average Bonchev–Trinajstić information content (AvgIpc) is 4.13. The van der Waals surface area contributed by atoms with Crippen molar-refractivity contribution in [2.24, 2.45) is 17.8 Å². The number of amides is 4. The van der Waals surface area contributed by atoms with Crippen LogP contribution in [0.25, 0.3) is 20.4 Å². The van der Waals surface area contributed by atoms with E-state index in [9.17, 15) is 28.8 Å². The van der Waals surface area contributed by atoms with Gasteiger partial charge in [0.1, 0.15) is 33.1 Å². The summed E-state index contributed by atoms with van der Waals surface area (Å²) in [5.41, 5.74) is -1.26. The maximum Gasteiger partial charge on any atom is 0.417 e. The zero-order valence-corrected chi connectivity index (χ0v) is 41.2. The maximum atomic E-state index is 13.3. The van der Waals surface area contributed by atoms with Gasteiger partial charge in [-0.2, -0.15) is 10.2 Å². The van der Waals surface area contributed by atoms with Crippen LogP contribution in [0, 0.1) is 17.8 Å². The van der Waals surface area contributed by atoms with Crippen LogP contribution in [-0.4, -0.2) is 112 Å². The fourth-order valence-electron chi connectivity index (χ4n) is 8.21. The molecule has 4 aliphatic rings. The molecule has 20 heteroatoms. The molecule has 0 N–H and O–H groups in total. The smallest absolute Gasteiger partial charge is 0.417 e. The Hall–Kier alpha value is -5.31. The van der Waals surface area contributed by atoms with Crippen LogP contribution in [0.5, 0.6) is 0 Å². The number of Topliss-reactive ketones (excluding diaryl/α,β-unsaturated/α-hetero) is 1. The number of piperidine rings is 2. The minimum atomic E-state index is -0.883. The van der Waals surface area contributed by atoms with Crippen LogP contribution in [0.4, 0.5) is 9.59 Å². The van der Waals surface area contributed by atoms with E-state index in [-0.39, 0.29) is 42.5 Å². The van der Waals surface area contributed by atoms with E-state index in [2.05, 4.69) is 15.2 Å². The molecular formula is C47H62N8O10S2. The van der Waals surface area contributed by atoms with Crippen LogP contribution in [0.1, 0.15) is 145 Å². The Balaban J connectivity index is 0.000000160. The summed E-state index contributed by atoms with van der Waals surface area (Å²) in [4.78, 5) is 83.7. The Morgan fingerprint density at radius 3 is 1.78 bits per heavy atom. The third-order valence-electron chi connectivity index (χ3n) is 11.5. The number of thiophene rings is 2. The van der Waals surface area contributed by atoms with Crippen molar-refractivity contribution >= 4 is 78.8 Å². The second-order valence-electron chi connectivity index (χ2n) is 19.7. The van der Waals surface area contributed by atoms with Crippen molar-refractivity contribution in [3.05, 3.63) is 53.0 Å². The van der Waals surface area contributed by atoms with Crippen LogP contribution in [-0.2, 0) is 28.5 Å². The highest BCUT2D eigenvalue weighted by Crippen LogP contribution is 2.36. The van der Waals surface area contributed by atoms with Gasteiger partial charge >= 0.3 is 12.2 Å². The second kappa shape index (κ2) is 20.9. The molecule has 0 bridgehead atoms. The molecule has 5 aromatic heterocycles. The summed E-state index contributed by atoms with van der Waals surface area (Å²) in [6, 6.07) is 3.67.